The smallest absolute Gasteiger partial charge is 0.234 e. The second-order valence-corrected chi connectivity index (χ2v) is 7.44. The number of halogens is 1. The van der Waals surface area contributed by atoms with Gasteiger partial charge in [0.15, 0.2) is 9.49 Å². The SMILES string of the molecule is COc1ccccc1Nc1nnc(SCC(=O)Nc2cccnc2Cl)s1. The lowest BCUT2D eigenvalue weighted by molar-refractivity contribution is -0.113. The average Bonchev–Trinajstić information content (AvgIpc) is 3.10. The van der Waals surface area contributed by atoms with Gasteiger partial charge < -0.3 is 15.4 Å². The van der Waals surface area contributed by atoms with Crippen LogP contribution in [-0.4, -0.2) is 34.0 Å². The number of amides is 1. The molecule has 0 bridgehead atoms. The molecule has 134 valence electrons. The van der Waals surface area contributed by atoms with E-state index in [0.29, 0.717) is 20.9 Å². The van der Waals surface area contributed by atoms with Gasteiger partial charge in [-0.2, -0.15) is 0 Å². The lowest BCUT2D eigenvalue weighted by Crippen LogP contribution is -2.14. The van der Waals surface area contributed by atoms with E-state index in [1.807, 2.05) is 24.3 Å². The summed E-state index contributed by atoms with van der Waals surface area (Å²) in [5.74, 6) is 0.707. The topological polar surface area (TPSA) is 89.0 Å². The first kappa shape index (κ1) is 18.4. The van der Waals surface area contributed by atoms with Crippen molar-refractivity contribution in [1.82, 2.24) is 15.2 Å². The molecule has 2 N–H and O–H groups in total. The van der Waals surface area contributed by atoms with Crippen LogP contribution in [0.1, 0.15) is 0 Å². The van der Waals surface area contributed by atoms with Crippen LogP contribution in [0, 0.1) is 0 Å². The van der Waals surface area contributed by atoms with Crippen molar-refractivity contribution < 1.29 is 9.53 Å². The Kier molecular flexibility index (Phi) is 6.26. The highest BCUT2D eigenvalue weighted by Gasteiger charge is 2.11. The van der Waals surface area contributed by atoms with Crippen molar-refractivity contribution in [3.05, 3.63) is 47.7 Å². The summed E-state index contributed by atoms with van der Waals surface area (Å²) < 4.78 is 5.97. The molecule has 0 radical (unpaired) electrons. The Labute approximate surface area is 163 Å². The van der Waals surface area contributed by atoms with Gasteiger partial charge in [0.05, 0.1) is 24.2 Å². The van der Waals surface area contributed by atoms with Gasteiger partial charge in [0, 0.05) is 6.20 Å². The highest BCUT2D eigenvalue weighted by molar-refractivity contribution is 8.01. The summed E-state index contributed by atoms with van der Waals surface area (Å²) in [4.78, 5) is 15.9. The van der Waals surface area contributed by atoms with E-state index < -0.39 is 0 Å². The zero-order chi connectivity index (χ0) is 18.4. The number of aromatic nitrogens is 3. The van der Waals surface area contributed by atoms with Gasteiger partial charge in [-0.15, -0.1) is 10.2 Å². The van der Waals surface area contributed by atoms with Gasteiger partial charge in [0.2, 0.25) is 11.0 Å². The molecule has 0 saturated heterocycles. The number of hydrogen-bond donors (Lipinski definition) is 2. The number of anilines is 3. The second kappa shape index (κ2) is 8.84. The van der Waals surface area contributed by atoms with Gasteiger partial charge in [-0.25, -0.2) is 4.98 Å². The molecule has 3 rings (SSSR count). The van der Waals surface area contributed by atoms with Gasteiger partial charge >= 0.3 is 0 Å². The number of rotatable bonds is 7. The van der Waals surface area contributed by atoms with Crippen LogP contribution >= 0.6 is 34.7 Å². The fourth-order valence-electron chi connectivity index (χ4n) is 1.97. The van der Waals surface area contributed by atoms with E-state index in [1.54, 1.807) is 25.4 Å². The maximum atomic E-state index is 12.0. The molecule has 0 saturated carbocycles. The number of thioether (sulfide) groups is 1. The summed E-state index contributed by atoms with van der Waals surface area (Å²) in [5, 5.41) is 14.9. The normalized spacial score (nSPS) is 10.4. The highest BCUT2D eigenvalue weighted by atomic mass is 35.5. The number of hydrogen-bond acceptors (Lipinski definition) is 8. The lowest BCUT2D eigenvalue weighted by Gasteiger charge is -2.07. The van der Waals surface area contributed by atoms with E-state index in [0.717, 1.165) is 5.69 Å². The summed E-state index contributed by atoms with van der Waals surface area (Å²) in [5.41, 5.74) is 1.28. The van der Waals surface area contributed by atoms with E-state index in [-0.39, 0.29) is 16.8 Å². The first-order valence-electron chi connectivity index (χ1n) is 7.42. The number of para-hydroxylation sites is 2. The molecule has 7 nitrogen and oxygen atoms in total. The third-order valence-corrected chi connectivity index (χ3v) is 5.39. The Balaban J connectivity index is 1.55. The summed E-state index contributed by atoms with van der Waals surface area (Å²) in [7, 11) is 1.61. The molecule has 26 heavy (non-hydrogen) atoms. The number of pyridine rings is 1. The standard InChI is InChI=1S/C16H14ClN5O2S2/c1-24-12-7-3-2-5-10(12)20-15-21-22-16(26-15)25-9-13(23)19-11-6-4-8-18-14(11)17/h2-8H,9H2,1H3,(H,19,23)(H,20,21). The predicted octanol–water partition coefficient (Wildman–Crippen LogP) is 4.07. The van der Waals surface area contributed by atoms with Gasteiger partial charge in [-0.1, -0.05) is 46.8 Å². The Morgan fingerprint density at radius 2 is 2.04 bits per heavy atom. The third kappa shape index (κ3) is 4.84. The Bertz CT molecular complexity index is 906. The quantitative estimate of drug-likeness (QED) is 0.450. The minimum atomic E-state index is -0.195. The van der Waals surface area contributed by atoms with E-state index in [2.05, 4.69) is 25.8 Å². The molecule has 10 heteroatoms. The van der Waals surface area contributed by atoms with E-state index in [4.69, 9.17) is 16.3 Å². The molecule has 0 fully saturated rings. The monoisotopic (exact) mass is 407 g/mol. The first-order chi connectivity index (χ1) is 12.7. The Morgan fingerprint density at radius 1 is 1.23 bits per heavy atom. The summed E-state index contributed by atoms with van der Waals surface area (Å²) >= 11 is 8.57. The molecule has 2 heterocycles. The van der Waals surface area contributed by atoms with Crippen molar-refractivity contribution in [2.45, 2.75) is 4.34 Å². The molecular formula is C16H14ClN5O2S2. The molecule has 0 aliphatic heterocycles. The van der Waals surface area contributed by atoms with Crippen LogP contribution in [0.15, 0.2) is 46.9 Å². The molecule has 2 aromatic heterocycles. The van der Waals surface area contributed by atoms with Crippen LogP contribution in [0.5, 0.6) is 5.75 Å². The highest BCUT2D eigenvalue weighted by Crippen LogP contribution is 2.31. The fraction of sp³-hybridized carbons (Fsp3) is 0.125. The molecule has 0 unspecified atom stereocenters. The summed E-state index contributed by atoms with van der Waals surface area (Å²) in [6.45, 7) is 0. The van der Waals surface area contributed by atoms with Crippen molar-refractivity contribution in [1.29, 1.82) is 0 Å². The van der Waals surface area contributed by atoms with Crippen molar-refractivity contribution >= 4 is 57.1 Å². The number of methoxy groups -OCH3 is 1. The number of benzene rings is 1. The number of carbonyl (C=O) groups excluding carboxylic acids is 1. The largest absolute Gasteiger partial charge is 0.495 e. The zero-order valence-corrected chi connectivity index (χ0v) is 16.0. The zero-order valence-electron chi connectivity index (χ0n) is 13.6. The maximum Gasteiger partial charge on any atom is 0.234 e. The van der Waals surface area contributed by atoms with Gasteiger partial charge in [-0.05, 0) is 24.3 Å². The minimum Gasteiger partial charge on any atom is -0.495 e. The van der Waals surface area contributed by atoms with Crippen LogP contribution in [0.4, 0.5) is 16.5 Å². The molecule has 1 amide bonds. The van der Waals surface area contributed by atoms with Crippen molar-refractivity contribution in [3.63, 3.8) is 0 Å². The van der Waals surface area contributed by atoms with E-state index in [1.165, 1.54) is 23.1 Å². The molecule has 0 spiro atoms. The molecule has 0 aliphatic rings. The molecule has 3 aromatic rings. The maximum absolute atomic E-state index is 12.0. The van der Waals surface area contributed by atoms with Crippen LogP contribution < -0.4 is 15.4 Å². The Morgan fingerprint density at radius 3 is 2.85 bits per heavy atom. The third-order valence-electron chi connectivity index (χ3n) is 3.11. The van der Waals surface area contributed by atoms with Gasteiger partial charge in [0.1, 0.15) is 5.75 Å². The van der Waals surface area contributed by atoms with Crippen LogP contribution in [0.25, 0.3) is 0 Å². The molecular weight excluding hydrogens is 394 g/mol. The lowest BCUT2D eigenvalue weighted by atomic mass is 10.3. The minimum absolute atomic E-state index is 0.189. The molecule has 0 aliphatic carbocycles. The van der Waals surface area contributed by atoms with Gasteiger partial charge in [0.25, 0.3) is 0 Å². The average molecular weight is 408 g/mol. The molecule has 1 aromatic carbocycles. The van der Waals surface area contributed by atoms with Crippen molar-refractivity contribution in [3.8, 4) is 5.75 Å². The van der Waals surface area contributed by atoms with Crippen LogP contribution in [0.3, 0.4) is 0 Å². The van der Waals surface area contributed by atoms with Crippen molar-refractivity contribution in [2.24, 2.45) is 0 Å². The van der Waals surface area contributed by atoms with E-state index in [9.17, 15) is 4.79 Å². The first-order valence-corrected chi connectivity index (χ1v) is 9.60. The summed E-state index contributed by atoms with van der Waals surface area (Å²) in [6.07, 6.45) is 1.56. The predicted molar refractivity (Wildman–Crippen MR) is 105 cm³/mol. The molecule has 0 atom stereocenters. The number of ether oxygens (including phenoxy) is 1. The number of nitrogens with zero attached hydrogens (tertiary/aromatic N) is 3. The summed E-state index contributed by atoms with van der Waals surface area (Å²) in [6, 6.07) is 10.9. The van der Waals surface area contributed by atoms with Crippen LogP contribution in [-0.2, 0) is 4.79 Å². The van der Waals surface area contributed by atoms with E-state index >= 15 is 0 Å². The second-order valence-electron chi connectivity index (χ2n) is 4.88. The Hall–Kier alpha value is -2.36. The number of nitrogens with one attached hydrogen (secondary N) is 2. The van der Waals surface area contributed by atoms with Gasteiger partial charge in [-0.3, -0.25) is 4.79 Å². The fourth-order valence-corrected chi connectivity index (χ4v) is 3.71. The number of carbonyl (C=O) groups is 1. The van der Waals surface area contributed by atoms with Crippen LogP contribution in [0.2, 0.25) is 5.15 Å². The van der Waals surface area contributed by atoms with Crippen molar-refractivity contribution in [2.75, 3.05) is 23.5 Å².